The molecule has 2 heterocycles. The van der Waals surface area contributed by atoms with Crippen molar-refractivity contribution < 1.29 is 13.1 Å². The number of aromatic nitrogens is 1. The Morgan fingerprint density at radius 1 is 0.926 bits per heavy atom. The first-order valence-electron chi connectivity index (χ1n) is 10.6. The molecule has 0 aliphatic carbocycles. The fourth-order valence-corrected chi connectivity index (χ4v) is 4.08. The fourth-order valence-electron chi connectivity index (χ4n) is 4.08. The van der Waals surface area contributed by atoms with Gasteiger partial charge in [-0.25, -0.2) is 4.57 Å². The fraction of sp³-hybridized carbons (Fsp3) is 0.160. The summed E-state index contributed by atoms with van der Waals surface area (Å²) in [7, 11) is 2.00. The van der Waals surface area contributed by atoms with Crippen LogP contribution in [0.4, 0.5) is 0 Å². The number of nitrogens with zero attached hydrogens (tertiary/aromatic N) is 1. The first kappa shape index (κ1) is 13.1. The highest BCUT2D eigenvalue weighted by Gasteiger charge is 2.23. The zero-order valence-electron chi connectivity index (χ0n) is 18.6. The predicted octanol–water partition coefficient (Wildman–Crippen LogP) is 6.16. The summed E-state index contributed by atoms with van der Waals surface area (Å²) in [4.78, 5) is 0. The number of hydrogen-bond donors (Lipinski definition) is 0. The minimum absolute atomic E-state index is 0.337. The second-order valence-electron chi connectivity index (χ2n) is 7.28. The van der Waals surface area contributed by atoms with Crippen LogP contribution in [-0.2, 0) is 7.05 Å². The number of hydrogen-bond acceptors (Lipinski definition) is 1. The summed E-state index contributed by atoms with van der Waals surface area (Å²) in [5.41, 5.74) is 5.63. The van der Waals surface area contributed by atoms with Crippen LogP contribution < -0.4 is 4.57 Å². The van der Waals surface area contributed by atoms with Gasteiger partial charge in [-0.2, -0.15) is 0 Å². The standard InChI is InChI=1S/C25H22NO/c1-15-11-12-26(4)20(13-15)22-16(2)14-17(3)23-24-19-8-6-5-7-18(19)9-10-21(24)27-25(22)23/h5-14H,1-4H3/q+1/i3D3. The molecule has 27 heavy (non-hydrogen) atoms. The van der Waals surface area contributed by atoms with Crippen molar-refractivity contribution in [2.45, 2.75) is 20.7 Å². The normalized spacial score (nSPS) is 13.8. The van der Waals surface area contributed by atoms with E-state index < -0.39 is 6.85 Å². The zero-order valence-corrected chi connectivity index (χ0v) is 15.6. The molecule has 0 atom stereocenters. The quantitative estimate of drug-likeness (QED) is 0.329. The van der Waals surface area contributed by atoms with Crippen LogP contribution in [0, 0.1) is 20.7 Å². The van der Waals surface area contributed by atoms with Gasteiger partial charge in [0.2, 0.25) is 5.69 Å². The molecule has 0 N–H and O–H groups in total. The summed E-state index contributed by atoms with van der Waals surface area (Å²) in [5, 5.41) is 3.62. The van der Waals surface area contributed by atoms with Gasteiger partial charge >= 0.3 is 0 Å². The van der Waals surface area contributed by atoms with Gasteiger partial charge in [0.05, 0.1) is 5.56 Å². The molecule has 3 aromatic carbocycles. The van der Waals surface area contributed by atoms with Crippen LogP contribution in [0.25, 0.3) is 44.0 Å². The third kappa shape index (κ3) is 2.30. The van der Waals surface area contributed by atoms with E-state index in [1.165, 1.54) is 0 Å². The Morgan fingerprint density at radius 2 is 1.78 bits per heavy atom. The monoisotopic (exact) mass is 355 g/mol. The van der Waals surface area contributed by atoms with Crippen molar-refractivity contribution in [3.8, 4) is 11.3 Å². The molecule has 2 heteroatoms. The molecule has 0 unspecified atom stereocenters. The Hall–Kier alpha value is -3.13. The van der Waals surface area contributed by atoms with E-state index in [-0.39, 0.29) is 0 Å². The molecule has 0 saturated heterocycles. The van der Waals surface area contributed by atoms with Gasteiger partial charge in [-0.1, -0.05) is 36.4 Å². The van der Waals surface area contributed by atoms with E-state index in [9.17, 15) is 0 Å². The second kappa shape index (κ2) is 5.68. The van der Waals surface area contributed by atoms with Crippen LogP contribution >= 0.6 is 0 Å². The molecule has 0 spiro atoms. The summed E-state index contributed by atoms with van der Waals surface area (Å²) >= 11 is 0. The van der Waals surface area contributed by atoms with Gasteiger partial charge in [0.15, 0.2) is 6.20 Å². The highest BCUT2D eigenvalue weighted by Crippen LogP contribution is 2.41. The van der Waals surface area contributed by atoms with Crippen molar-refractivity contribution >= 4 is 32.7 Å². The number of pyridine rings is 1. The zero-order chi connectivity index (χ0) is 21.2. The molecular formula is C25H22NO+. The highest BCUT2D eigenvalue weighted by molar-refractivity contribution is 6.21. The topological polar surface area (TPSA) is 17.0 Å². The molecule has 2 aromatic heterocycles. The van der Waals surface area contributed by atoms with Crippen molar-refractivity contribution in [3.05, 3.63) is 77.5 Å². The molecule has 0 aliphatic rings. The van der Waals surface area contributed by atoms with Gasteiger partial charge in [0.25, 0.3) is 0 Å². The van der Waals surface area contributed by atoms with Crippen molar-refractivity contribution in [1.82, 2.24) is 0 Å². The smallest absolute Gasteiger partial charge is 0.216 e. The number of rotatable bonds is 1. The van der Waals surface area contributed by atoms with Crippen LogP contribution in [0.5, 0.6) is 0 Å². The first-order valence-corrected chi connectivity index (χ1v) is 9.10. The van der Waals surface area contributed by atoms with Crippen LogP contribution in [-0.4, -0.2) is 0 Å². The molecule has 5 rings (SSSR count). The number of furan rings is 1. The van der Waals surface area contributed by atoms with Gasteiger partial charge < -0.3 is 4.42 Å². The molecule has 0 bridgehead atoms. The second-order valence-corrected chi connectivity index (χ2v) is 7.28. The highest BCUT2D eigenvalue weighted by atomic mass is 16.3. The third-order valence-electron chi connectivity index (χ3n) is 5.39. The van der Waals surface area contributed by atoms with Gasteiger partial charge in [-0.15, -0.1) is 0 Å². The Bertz CT molecular complexity index is 1460. The van der Waals surface area contributed by atoms with Gasteiger partial charge in [-0.05, 0) is 54.2 Å². The Labute approximate surface area is 162 Å². The third-order valence-corrected chi connectivity index (χ3v) is 5.39. The number of benzene rings is 3. The van der Waals surface area contributed by atoms with E-state index in [4.69, 9.17) is 8.53 Å². The SMILES string of the molecule is [2H]C([2H])([2H])c1cc(C)c(-c2cc(C)cc[n+]2C)c2oc3ccc4ccccc4c3c12. The van der Waals surface area contributed by atoms with E-state index in [1.54, 1.807) is 0 Å². The maximum Gasteiger partial charge on any atom is 0.216 e. The molecule has 5 aromatic rings. The molecule has 132 valence electrons. The van der Waals surface area contributed by atoms with Crippen LogP contribution in [0.3, 0.4) is 0 Å². The molecular weight excluding hydrogens is 330 g/mol. The molecule has 2 nitrogen and oxygen atoms in total. The number of aryl methyl sites for hydroxylation is 4. The van der Waals surface area contributed by atoms with Crippen molar-refractivity contribution in [3.63, 3.8) is 0 Å². The van der Waals surface area contributed by atoms with Gasteiger partial charge in [0, 0.05) is 27.0 Å². The van der Waals surface area contributed by atoms with Crippen LogP contribution in [0.1, 0.15) is 20.8 Å². The van der Waals surface area contributed by atoms with E-state index in [2.05, 4.69) is 23.6 Å². The summed E-state index contributed by atoms with van der Waals surface area (Å²) in [6.45, 7) is 1.76. The molecule has 0 aliphatic heterocycles. The van der Waals surface area contributed by atoms with Crippen LogP contribution in [0.2, 0.25) is 0 Å². The lowest BCUT2D eigenvalue weighted by Gasteiger charge is -2.08. The largest absolute Gasteiger partial charge is 0.455 e. The molecule has 0 saturated carbocycles. The molecule has 0 fully saturated rings. The lowest BCUT2D eigenvalue weighted by atomic mass is 9.95. The molecule has 0 radical (unpaired) electrons. The lowest BCUT2D eigenvalue weighted by Crippen LogP contribution is -2.30. The van der Waals surface area contributed by atoms with Gasteiger partial charge in [-0.3, -0.25) is 0 Å². The summed E-state index contributed by atoms with van der Waals surface area (Å²) < 4.78 is 33.1. The Kier molecular flexibility index (Phi) is 2.76. The van der Waals surface area contributed by atoms with Gasteiger partial charge in [0.1, 0.15) is 18.2 Å². The summed E-state index contributed by atoms with van der Waals surface area (Å²) in [6, 6.07) is 18.0. The maximum atomic E-state index is 8.21. The minimum Gasteiger partial charge on any atom is -0.455 e. The average molecular weight is 355 g/mol. The van der Waals surface area contributed by atoms with E-state index in [1.807, 2.05) is 62.6 Å². The summed E-state index contributed by atoms with van der Waals surface area (Å²) in [6.07, 6.45) is 2.02. The summed E-state index contributed by atoms with van der Waals surface area (Å²) in [5.74, 6) is 0. The Morgan fingerprint density at radius 3 is 2.63 bits per heavy atom. The lowest BCUT2D eigenvalue weighted by molar-refractivity contribution is -0.660. The van der Waals surface area contributed by atoms with Crippen molar-refractivity contribution in [1.29, 1.82) is 0 Å². The van der Waals surface area contributed by atoms with E-state index in [0.29, 0.717) is 22.1 Å². The Balaban J connectivity index is 2.06. The average Bonchev–Trinajstić information content (AvgIpc) is 3.08. The molecule has 0 amide bonds. The van der Waals surface area contributed by atoms with E-state index >= 15 is 0 Å². The van der Waals surface area contributed by atoms with Crippen molar-refractivity contribution in [2.75, 3.05) is 0 Å². The first-order chi connectivity index (χ1) is 14.3. The van der Waals surface area contributed by atoms with Crippen LogP contribution in [0.15, 0.2) is 65.2 Å². The van der Waals surface area contributed by atoms with E-state index in [0.717, 1.165) is 38.5 Å². The maximum absolute atomic E-state index is 8.21. The van der Waals surface area contributed by atoms with Crippen molar-refractivity contribution in [2.24, 2.45) is 7.05 Å². The number of fused-ring (bicyclic) bond motifs is 5. The minimum atomic E-state index is -2.25. The predicted molar refractivity (Wildman–Crippen MR) is 112 cm³/mol.